The van der Waals surface area contributed by atoms with Gasteiger partial charge in [-0.1, -0.05) is 45.3 Å². The molecule has 0 aromatic rings. The Labute approximate surface area is 127 Å². The zero-order valence-electron chi connectivity index (χ0n) is 13.4. The molecular weight excluding hydrogens is 268 g/mol. The Morgan fingerprint density at radius 1 is 1.38 bits per heavy atom. The Hall–Kier alpha value is -1.32. The van der Waals surface area contributed by atoms with Crippen LogP contribution in [0.4, 0.5) is 0 Å². The van der Waals surface area contributed by atoms with Crippen molar-refractivity contribution in [3.05, 3.63) is 12.2 Å². The average molecular weight is 295 g/mol. The molecule has 3 unspecified atom stereocenters. The molecule has 1 aliphatic rings. The molecule has 0 aromatic heterocycles. The van der Waals surface area contributed by atoms with Gasteiger partial charge in [-0.15, -0.1) is 0 Å². The van der Waals surface area contributed by atoms with Crippen molar-refractivity contribution < 1.29 is 19.4 Å². The molecule has 0 amide bonds. The van der Waals surface area contributed by atoms with E-state index in [4.69, 9.17) is 4.74 Å². The molecule has 4 heteroatoms. The third-order valence-electron chi connectivity index (χ3n) is 4.59. The second-order valence-electron chi connectivity index (χ2n) is 6.22. The van der Waals surface area contributed by atoms with E-state index in [1.54, 1.807) is 13.0 Å². The molecular formula is C17H27O4-. The molecule has 3 atom stereocenters. The molecule has 0 N–H and O–H groups in total. The average Bonchev–Trinajstić information content (AvgIpc) is 2.47. The fraction of sp³-hybridized carbons (Fsp3) is 0.765. The molecule has 0 aromatic carbocycles. The van der Waals surface area contributed by atoms with E-state index in [-0.39, 0.29) is 0 Å². The maximum atomic E-state index is 12.4. The van der Waals surface area contributed by atoms with Gasteiger partial charge in [0, 0.05) is 11.9 Å². The highest BCUT2D eigenvalue weighted by Gasteiger charge is 2.43. The molecule has 21 heavy (non-hydrogen) atoms. The highest BCUT2D eigenvalue weighted by atomic mass is 16.5. The summed E-state index contributed by atoms with van der Waals surface area (Å²) in [5.74, 6) is -2.02. The van der Waals surface area contributed by atoms with Crippen molar-refractivity contribution in [2.75, 3.05) is 6.61 Å². The summed E-state index contributed by atoms with van der Waals surface area (Å²) in [6, 6.07) is 0. The van der Waals surface area contributed by atoms with Crippen LogP contribution >= 0.6 is 0 Å². The molecule has 0 saturated carbocycles. The lowest BCUT2D eigenvalue weighted by Gasteiger charge is -2.37. The fourth-order valence-electron chi connectivity index (χ4n) is 2.80. The molecule has 0 heterocycles. The molecule has 0 radical (unpaired) electrons. The van der Waals surface area contributed by atoms with Crippen LogP contribution in [0.1, 0.15) is 59.3 Å². The van der Waals surface area contributed by atoms with Crippen LogP contribution in [0, 0.1) is 17.3 Å². The van der Waals surface area contributed by atoms with Crippen molar-refractivity contribution in [1.82, 2.24) is 0 Å². The van der Waals surface area contributed by atoms with E-state index < -0.39 is 23.3 Å². The maximum absolute atomic E-state index is 12.4. The van der Waals surface area contributed by atoms with Gasteiger partial charge in [-0.3, -0.25) is 4.79 Å². The van der Waals surface area contributed by atoms with Gasteiger partial charge in [0.05, 0.1) is 12.0 Å². The van der Waals surface area contributed by atoms with Crippen LogP contribution in [-0.4, -0.2) is 18.5 Å². The largest absolute Gasteiger partial charge is 0.550 e. The van der Waals surface area contributed by atoms with E-state index in [2.05, 4.69) is 13.8 Å². The molecule has 1 rings (SSSR count). The van der Waals surface area contributed by atoms with Gasteiger partial charge in [0.1, 0.15) is 0 Å². The number of hydrogen-bond acceptors (Lipinski definition) is 4. The minimum absolute atomic E-state index is 0.334. The van der Waals surface area contributed by atoms with Crippen LogP contribution in [0.15, 0.2) is 12.2 Å². The second-order valence-corrected chi connectivity index (χ2v) is 6.22. The van der Waals surface area contributed by atoms with Crippen LogP contribution in [0.25, 0.3) is 0 Å². The quantitative estimate of drug-likeness (QED) is 0.509. The van der Waals surface area contributed by atoms with Crippen molar-refractivity contribution in [2.24, 2.45) is 17.3 Å². The molecule has 0 saturated heterocycles. The zero-order valence-corrected chi connectivity index (χ0v) is 13.4. The number of ether oxygens (including phenoxy) is 1. The zero-order chi connectivity index (χ0) is 15.9. The number of carbonyl (C=O) groups is 2. The predicted molar refractivity (Wildman–Crippen MR) is 79.2 cm³/mol. The topological polar surface area (TPSA) is 66.4 Å². The Morgan fingerprint density at radius 3 is 2.67 bits per heavy atom. The van der Waals surface area contributed by atoms with Gasteiger partial charge in [-0.05, 0) is 32.1 Å². The van der Waals surface area contributed by atoms with E-state index in [9.17, 15) is 14.7 Å². The lowest BCUT2D eigenvalue weighted by atomic mass is 9.70. The van der Waals surface area contributed by atoms with Gasteiger partial charge in [0.15, 0.2) is 0 Å². The standard InChI is InChI=1S/C17H28O4/c1-4-6-9-13(5-2)12-21-16(20)17(3)11-8-7-10-14(17)15(18)19/h7-8,13-14H,4-6,9-12H2,1-3H3,(H,18,19)/p-1. The molecule has 0 fully saturated rings. The van der Waals surface area contributed by atoms with Crippen molar-refractivity contribution in [2.45, 2.75) is 59.3 Å². The Balaban J connectivity index is 2.63. The number of esters is 1. The third-order valence-corrected chi connectivity index (χ3v) is 4.59. The van der Waals surface area contributed by atoms with Gasteiger partial charge < -0.3 is 14.6 Å². The highest BCUT2D eigenvalue weighted by molar-refractivity contribution is 5.84. The van der Waals surface area contributed by atoms with Crippen molar-refractivity contribution in [1.29, 1.82) is 0 Å². The van der Waals surface area contributed by atoms with Crippen molar-refractivity contribution >= 4 is 11.9 Å². The highest BCUT2D eigenvalue weighted by Crippen LogP contribution is 2.39. The minimum Gasteiger partial charge on any atom is -0.550 e. The first-order valence-corrected chi connectivity index (χ1v) is 7.98. The normalized spacial score (nSPS) is 26.3. The smallest absolute Gasteiger partial charge is 0.312 e. The summed E-state index contributed by atoms with van der Waals surface area (Å²) in [6.07, 6.45) is 8.64. The number of rotatable bonds is 8. The summed E-state index contributed by atoms with van der Waals surface area (Å²) in [7, 11) is 0. The summed E-state index contributed by atoms with van der Waals surface area (Å²) >= 11 is 0. The maximum Gasteiger partial charge on any atom is 0.312 e. The van der Waals surface area contributed by atoms with Gasteiger partial charge in [-0.25, -0.2) is 0 Å². The Morgan fingerprint density at radius 2 is 2.10 bits per heavy atom. The number of allylic oxidation sites excluding steroid dienone is 2. The van der Waals surface area contributed by atoms with E-state index >= 15 is 0 Å². The van der Waals surface area contributed by atoms with Crippen molar-refractivity contribution in [3.63, 3.8) is 0 Å². The van der Waals surface area contributed by atoms with E-state index in [1.807, 2.05) is 6.08 Å². The molecule has 0 bridgehead atoms. The van der Waals surface area contributed by atoms with Crippen molar-refractivity contribution in [3.8, 4) is 0 Å². The first-order valence-electron chi connectivity index (χ1n) is 7.98. The number of hydrogen-bond donors (Lipinski definition) is 0. The summed E-state index contributed by atoms with van der Waals surface area (Å²) in [6.45, 7) is 6.28. The first kappa shape index (κ1) is 17.7. The van der Waals surface area contributed by atoms with Crippen LogP contribution in [0.3, 0.4) is 0 Å². The molecule has 4 nitrogen and oxygen atoms in total. The number of unbranched alkanes of at least 4 members (excludes halogenated alkanes) is 1. The number of carboxylic acid groups (broad SMARTS) is 1. The molecule has 1 aliphatic carbocycles. The lowest BCUT2D eigenvalue weighted by molar-refractivity contribution is -0.315. The molecule has 120 valence electrons. The summed E-state index contributed by atoms with van der Waals surface area (Å²) in [5.41, 5.74) is -1.00. The monoisotopic (exact) mass is 295 g/mol. The van der Waals surface area contributed by atoms with Crippen LogP contribution < -0.4 is 5.11 Å². The summed E-state index contributed by atoms with van der Waals surface area (Å²) < 4.78 is 5.45. The van der Waals surface area contributed by atoms with E-state index in [0.717, 1.165) is 25.7 Å². The Kier molecular flexibility index (Phi) is 6.93. The van der Waals surface area contributed by atoms with Gasteiger partial charge in [0.2, 0.25) is 0 Å². The van der Waals surface area contributed by atoms with E-state index in [0.29, 0.717) is 25.4 Å². The number of carboxylic acids is 1. The SMILES string of the molecule is CCCCC(CC)COC(=O)C1(C)CC=CCC1C(=O)[O-]. The summed E-state index contributed by atoms with van der Waals surface area (Å²) in [4.78, 5) is 23.6. The van der Waals surface area contributed by atoms with Crippen LogP contribution in [0.2, 0.25) is 0 Å². The second kappa shape index (κ2) is 8.20. The third kappa shape index (κ3) is 4.58. The molecule has 0 aliphatic heterocycles. The molecule has 0 spiro atoms. The van der Waals surface area contributed by atoms with Gasteiger partial charge in [0.25, 0.3) is 0 Å². The van der Waals surface area contributed by atoms with Gasteiger partial charge >= 0.3 is 5.97 Å². The van der Waals surface area contributed by atoms with Gasteiger partial charge in [-0.2, -0.15) is 0 Å². The van der Waals surface area contributed by atoms with E-state index in [1.165, 1.54) is 0 Å². The number of carbonyl (C=O) groups excluding carboxylic acids is 2. The minimum atomic E-state index is -1.17. The lowest BCUT2D eigenvalue weighted by Crippen LogP contribution is -2.47. The number of aliphatic carboxylic acids is 1. The Bertz CT molecular complexity index is 388. The van der Waals surface area contributed by atoms with Crippen LogP contribution in [-0.2, 0) is 14.3 Å². The summed E-state index contributed by atoms with van der Waals surface area (Å²) in [5, 5.41) is 11.3. The first-order chi connectivity index (χ1) is 9.95. The van der Waals surface area contributed by atoms with Crippen LogP contribution in [0.5, 0.6) is 0 Å². The predicted octanol–water partition coefficient (Wildman–Crippen LogP) is 2.47. The fourth-order valence-corrected chi connectivity index (χ4v) is 2.80.